The minimum Gasteiger partial charge on any atom is -0.481 e. The van der Waals surface area contributed by atoms with Gasteiger partial charge in [0.25, 0.3) is 0 Å². The van der Waals surface area contributed by atoms with Crippen molar-refractivity contribution in [1.29, 1.82) is 0 Å². The molecule has 4 heteroatoms. The summed E-state index contributed by atoms with van der Waals surface area (Å²) in [4.78, 5) is 11.0. The van der Waals surface area contributed by atoms with Gasteiger partial charge in [0.05, 0.1) is 5.92 Å². The summed E-state index contributed by atoms with van der Waals surface area (Å²) in [6.07, 6.45) is 0.704. The first kappa shape index (κ1) is 10.6. The molecule has 1 aromatic rings. The first-order valence-corrected chi connectivity index (χ1v) is 5.69. The van der Waals surface area contributed by atoms with Gasteiger partial charge in [0.15, 0.2) is 0 Å². The Bertz CT molecular complexity index is 363. The average Bonchev–Trinajstić information content (AvgIpc) is 2.67. The number of aliphatic carboxylic acids is 1. The van der Waals surface area contributed by atoms with E-state index >= 15 is 0 Å². The molecule has 0 bridgehead atoms. The predicted molar refractivity (Wildman–Crippen MR) is 60.6 cm³/mol. The van der Waals surface area contributed by atoms with Crippen LogP contribution in [0.4, 0.5) is 0 Å². The maximum atomic E-state index is 11.0. The summed E-state index contributed by atoms with van der Waals surface area (Å²) in [5.74, 6) is -1.01. The molecule has 0 spiro atoms. The predicted octanol–water partition coefficient (Wildman–Crippen LogP) is 2.18. The molecule has 2 atom stereocenters. The van der Waals surface area contributed by atoms with Gasteiger partial charge in [0, 0.05) is 10.5 Å². The molecule has 3 nitrogen and oxygen atoms in total. The highest BCUT2D eigenvalue weighted by atomic mass is 79.9. The maximum Gasteiger partial charge on any atom is 0.308 e. The Labute approximate surface area is 96.6 Å². The van der Waals surface area contributed by atoms with E-state index in [0.717, 1.165) is 16.6 Å². The molecule has 1 fully saturated rings. The molecule has 15 heavy (non-hydrogen) atoms. The van der Waals surface area contributed by atoms with E-state index in [2.05, 4.69) is 21.2 Å². The van der Waals surface area contributed by atoms with Crippen LogP contribution < -0.4 is 5.32 Å². The lowest BCUT2D eigenvalue weighted by atomic mass is 9.94. The topological polar surface area (TPSA) is 49.3 Å². The molecule has 1 heterocycles. The molecule has 0 amide bonds. The SMILES string of the molecule is O=C(O)[C@H]1CCN[C@@H]1c1ccc(Br)cc1. The molecule has 0 radical (unpaired) electrons. The third kappa shape index (κ3) is 2.21. The fourth-order valence-electron chi connectivity index (χ4n) is 1.99. The molecule has 0 saturated carbocycles. The van der Waals surface area contributed by atoms with Gasteiger partial charge in [-0.3, -0.25) is 4.79 Å². The van der Waals surface area contributed by atoms with Gasteiger partial charge >= 0.3 is 5.97 Å². The van der Waals surface area contributed by atoms with E-state index in [1.54, 1.807) is 0 Å². The molecule has 1 saturated heterocycles. The second-order valence-electron chi connectivity index (χ2n) is 3.72. The van der Waals surface area contributed by atoms with Crippen molar-refractivity contribution in [2.24, 2.45) is 5.92 Å². The van der Waals surface area contributed by atoms with E-state index in [1.165, 1.54) is 0 Å². The molecule has 0 unspecified atom stereocenters. The zero-order valence-electron chi connectivity index (χ0n) is 8.11. The summed E-state index contributed by atoms with van der Waals surface area (Å²) in [6, 6.07) is 7.75. The van der Waals surface area contributed by atoms with Crippen molar-refractivity contribution < 1.29 is 9.90 Å². The summed E-state index contributed by atoms with van der Waals surface area (Å²) >= 11 is 3.36. The zero-order valence-corrected chi connectivity index (χ0v) is 9.70. The summed E-state index contributed by atoms with van der Waals surface area (Å²) in [5.41, 5.74) is 1.04. The lowest BCUT2D eigenvalue weighted by Crippen LogP contribution is -2.23. The number of halogens is 1. The number of hydrogen-bond donors (Lipinski definition) is 2. The molecule has 80 valence electrons. The third-order valence-corrected chi connectivity index (χ3v) is 3.30. The van der Waals surface area contributed by atoms with E-state index in [-0.39, 0.29) is 12.0 Å². The first-order chi connectivity index (χ1) is 7.18. The van der Waals surface area contributed by atoms with Crippen LogP contribution in [0.1, 0.15) is 18.0 Å². The van der Waals surface area contributed by atoms with E-state index in [1.807, 2.05) is 24.3 Å². The number of hydrogen-bond acceptors (Lipinski definition) is 2. The largest absolute Gasteiger partial charge is 0.481 e. The Balaban J connectivity index is 2.22. The van der Waals surface area contributed by atoms with Gasteiger partial charge in [-0.1, -0.05) is 28.1 Å². The van der Waals surface area contributed by atoms with Gasteiger partial charge in [-0.25, -0.2) is 0 Å². The number of benzene rings is 1. The minimum absolute atomic E-state index is 0.0457. The molecule has 0 aromatic heterocycles. The normalized spacial score (nSPS) is 25.4. The molecular weight excluding hydrogens is 258 g/mol. The van der Waals surface area contributed by atoms with E-state index in [4.69, 9.17) is 5.11 Å². The Morgan fingerprint density at radius 2 is 2.07 bits per heavy atom. The highest BCUT2D eigenvalue weighted by Crippen LogP contribution is 2.30. The van der Waals surface area contributed by atoms with Gasteiger partial charge in [0.1, 0.15) is 0 Å². The van der Waals surface area contributed by atoms with Crippen LogP contribution in [0.3, 0.4) is 0 Å². The Morgan fingerprint density at radius 1 is 1.40 bits per heavy atom. The lowest BCUT2D eigenvalue weighted by molar-refractivity contribution is -0.142. The second kappa shape index (κ2) is 4.33. The van der Waals surface area contributed by atoms with Crippen LogP contribution in [0.15, 0.2) is 28.7 Å². The van der Waals surface area contributed by atoms with E-state index in [0.29, 0.717) is 6.42 Å². The van der Waals surface area contributed by atoms with Gasteiger partial charge in [-0.15, -0.1) is 0 Å². The van der Waals surface area contributed by atoms with Crippen molar-refractivity contribution in [3.05, 3.63) is 34.3 Å². The standard InChI is InChI=1S/C11H12BrNO2/c12-8-3-1-7(2-4-8)10-9(11(14)15)5-6-13-10/h1-4,9-10,13H,5-6H2,(H,14,15)/t9-,10+/m0/s1. The number of rotatable bonds is 2. The summed E-state index contributed by atoms with van der Waals surface area (Å²) in [5, 5.41) is 12.3. The Kier molecular flexibility index (Phi) is 3.07. The van der Waals surface area contributed by atoms with Crippen LogP contribution in [-0.2, 0) is 4.79 Å². The number of nitrogens with one attached hydrogen (secondary N) is 1. The van der Waals surface area contributed by atoms with Crippen molar-refractivity contribution >= 4 is 21.9 Å². The first-order valence-electron chi connectivity index (χ1n) is 4.90. The lowest BCUT2D eigenvalue weighted by Gasteiger charge is -2.16. The molecule has 1 aromatic carbocycles. The van der Waals surface area contributed by atoms with Crippen LogP contribution in [0.5, 0.6) is 0 Å². The number of carboxylic acids is 1. The van der Waals surface area contributed by atoms with Gasteiger partial charge in [-0.2, -0.15) is 0 Å². The van der Waals surface area contributed by atoms with Crippen LogP contribution in [0.2, 0.25) is 0 Å². The van der Waals surface area contributed by atoms with Crippen LogP contribution in [-0.4, -0.2) is 17.6 Å². The molecule has 0 aliphatic carbocycles. The van der Waals surface area contributed by atoms with Crippen molar-refractivity contribution in [2.75, 3.05) is 6.54 Å². The van der Waals surface area contributed by atoms with Crippen molar-refractivity contribution in [3.8, 4) is 0 Å². The molecular formula is C11H12BrNO2. The average molecular weight is 270 g/mol. The van der Waals surface area contributed by atoms with Crippen LogP contribution in [0, 0.1) is 5.92 Å². The third-order valence-electron chi connectivity index (χ3n) is 2.77. The number of carbonyl (C=O) groups is 1. The van der Waals surface area contributed by atoms with Gasteiger partial charge < -0.3 is 10.4 Å². The summed E-state index contributed by atoms with van der Waals surface area (Å²) < 4.78 is 1.01. The number of carboxylic acid groups (broad SMARTS) is 1. The molecule has 2 rings (SSSR count). The molecule has 2 N–H and O–H groups in total. The Morgan fingerprint density at radius 3 is 2.67 bits per heavy atom. The minimum atomic E-state index is -0.715. The maximum absolute atomic E-state index is 11.0. The monoisotopic (exact) mass is 269 g/mol. The summed E-state index contributed by atoms with van der Waals surface area (Å²) in [6.45, 7) is 0.775. The smallest absolute Gasteiger partial charge is 0.308 e. The second-order valence-corrected chi connectivity index (χ2v) is 4.63. The van der Waals surface area contributed by atoms with Crippen molar-refractivity contribution in [1.82, 2.24) is 5.32 Å². The van der Waals surface area contributed by atoms with Crippen molar-refractivity contribution in [2.45, 2.75) is 12.5 Å². The van der Waals surface area contributed by atoms with Crippen LogP contribution in [0.25, 0.3) is 0 Å². The Hall–Kier alpha value is -0.870. The van der Waals surface area contributed by atoms with E-state index < -0.39 is 5.97 Å². The van der Waals surface area contributed by atoms with Gasteiger partial charge in [0.2, 0.25) is 0 Å². The van der Waals surface area contributed by atoms with E-state index in [9.17, 15) is 4.79 Å². The van der Waals surface area contributed by atoms with Crippen molar-refractivity contribution in [3.63, 3.8) is 0 Å². The summed E-state index contributed by atoms with van der Waals surface area (Å²) in [7, 11) is 0. The highest BCUT2D eigenvalue weighted by molar-refractivity contribution is 9.10. The van der Waals surface area contributed by atoms with Gasteiger partial charge in [-0.05, 0) is 30.7 Å². The fraction of sp³-hybridized carbons (Fsp3) is 0.364. The zero-order chi connectivity index (χ0) is 10.8. The highest BCUT2D eigenvalue weighted by Gasteiger charge is 2.33. The van der Waals surface area contributed by atoms with Crippen LogP contribution >= 0.6 is 15.9 Å². The quantitative estimate of drug-likeness (QED) is 0.866. The fourth-order valence-corrected chi connectivity index (χ4v) is 2.25. The molecule has 1 aliphatic rings. The molecule has 1 aliphatic heterocycles.